The molecule has 0 bridgehead atoms. The van der Waals surface area contributed by atoms with Crippen LogP contribution in [-0.2, 0) is 14.8 Å². The zero-order valence-electron chi connectivity index (χ0n) is 18.7. The van der Waals surface area contributed by atoms with Crippen LogP contribution in [0.2, 0.25) is 4.34 Å². The number of alkyl halides is 3. The van der Waals surface area contributed by atoms with E-state index in [4.69, 9.17) is 26.2 Å². The number of hydrogen-bond donors (Lipinski definition) is 3. The lowest BCUT2D eigenvalue weighted by atomic mass is 10.3. The number of aliphatic carboxylic acids is 1. The maximum absolute atomic E-state index is 12.4. The number of carboxylic acids is 1. The van der Waals surface area contributed by atoms with E-state index in [2.05, 4.69) is 30.2 Å². The first-order valence-electron chi connectivity index (χ1n) is 9.87. The number of carbonyl (C=O) groups is 2. The summed E-state index contributed by atoms with van der Waals surface area (Å²) >= 11 is 6.72. The quantitative estimate of drug-likeness (QED) is 0.300. The van der Waals surface area contributed by atoms with Crippen LogP contribution >= 0.6 is 22.9 Å². The maximum atomic E-state index is 12.4. The van der Waals surface area contributed by atoms with Gasteiger partial charge >= 0.3 is 12.1 Å². The van der Waals surface area contributed by atoms with Crippen LogP contribution < -0.4 is 14.8 Å². The molecule has 4 aromatic rings. The zero-order valence-corrected chi connectivity index (χ0v) is 21.1. The molecular weight excluding hydrogens is 577 g/mol. The van der Waals surface area contributed by atoms with E-state index in [9.17, 15) is 26.4 Å². The van der Waals surface area contributed by atoms with Crippen LogP contribution in [0.1, 0.15) is 10.5 Å². The summed E-state index contributed by atoms with van der Waals surface area (Å²) in [6.07, 6.45) is -3.62. The lowest BCUT2D eigenvalue weighted by Crippen LogP contribution is -2.21. The summed E-state index contributed by atoms with van der Waals surface area (Å²) in [6, 6.07) is 10.8. The molecular formula is C20H14ClF3N6O6S2. The number of halogens is 4. The van der Waals surface area contributed by atoms with Crippen LogP contribution in [0, 0.1) is 0 Å². The number of fused-ring (bicyclic) bond motifs is 1. The third kappa shape index (κ3) is 7.46. The number of sulfonamides is 1. The van der Waals surface area contributed by atoms with Crippen molar-refractivity contribution in [3.8, 4) is 11.5 Å². The fourth-order valence-electron chi connectivity index (χ4n) is 2.50. The number of rotatable bonds is 6. The van der Waals surface area contributed by atoms with E-state index in [1.807, 2.05) is 0 Å². The van der Waals surface area contributed by atoms with E-state index >= 15 is 0 Å². The molecule has 0 spiro atoms. The summed E-state index contributed by atoms with van der Waals surface area (Å²) in [5.74, 6) is -2.42. The van der Waals surface area contributed by atoms with Gasteiger partial charge in [0.25, 0.3) is 21.9 Å². The molecule has 0 aliphatic carbocycles. The minimum absolute atomic E-state index is 0.0402. The number of nitrogens with zero attached hydrogens (tertiary/aromatic N) is 4. The van der Waals surface area contributed by atoms with E-state index in [0.717, 1.165) is 11.3 Å². The van der Waals surface area contributed by atoms with Crippen LogP contribution in [0.15, 0.2) is 52.9 Å². The van der Waals surface area contributed by atoms with Gasteiger partial charge in [-0.05, 0) is 30.3 Å². The third-order valence-corrected chi connectivity index (χ3v) is 7.19. The van der Waals surface area contributed by atoms with Gasteiger partial charge in [0.05, 0.1) is 9.85 Å². The molecule has 1 aromatic carbocycles. The van der Waals surface area contributed by atoms with E-state index in [1.165, 1.54) is 31.4 Å². The average Bonchev–Trinajstić information content (AvgIpc) is 3.31. The van der Waals surface area contributed by atoms with Crippen LogP contribution in [0.25, 0.3) is 11.0 Å². The fraction of sp³-hybridized carbons (Fsp3) is 0.100. The first-order chi connectivity index (χ1) is 17.8. The van der Waals surface area contributed by atoms with Gasteiger partial charge in [-0.15, -0.1) is 21.5 Å². The predicted octanol–water partition coefficient (Wildman–Crippen LogP) is 3.72. The minimum atomic E-state index is -5.08. The van der Waals surface area contributed by atoms with Gasteiger partial charge in [0.15, 0.2) is 0 Å². The van der Waals surface area contributed by atoms with Crippen molar-refractivity contribution < 1.29 is 41.0 Å². The minimum Gasteiger partial charge on any atom is -0.475 e. The molecule has 0 aliphatic rings. The number of anilines is 1. The number of hydrogen-bond acceptors (Lipinski definition) is 10. The molecule has 1 amide bonds. The second-order valence-electron chi connectivity index (χ2n) is 6.81. The number of ether oxygens (including phenoxy) is 1. The number of nitrogens with one attached hydrogen (secondary N) is 2. The standard InChI is InChI=1S/C18H13ClN6O4S2.C2HF3O2/c1-20-17(26)14-9-11(6-7-21-14)29-10-2-3-12-13(8-10)23-24-18(22-12)25-31(27,28)16-5-4-15(19)30-16;3-2(4,5)1(6)7/h2-9H,1H3,(H,20,26)(H,22,24,25);(H,6,7). The smallest absolute Gasteiger partial charge is 0.475 e. The molecule has 18 heteroatoms. The number of amides is 1. The Hall–Kier alpha value is -4.09. The molecule has 0 radical (unpaired) electrons. The highest BCUT2D eigenvalue weighted by molar-refractivity contribution is 7.94. The van der Waals surface area contributed by atoms with Crippen LogP contribution in [0.4, 0.5) is 19.1 Å². The molecule has 0 aliphatic heterocycles. The molecule has 0 saturated heterocycles. The number of benzene rings is 1. The Morgan fingerprint density at radius 2 is 1.74 bits per heavy atom. The van der Waals surface area contributed by atoms with Gasteiger partial charge in [-0.25, -0.2) is 22.9 Å². The van der Waals surface area contributed by atoms with E-state index in [0.29, 0.717) is 26.9 Å². The van der Waals surface area contributed by atoms with Gasteiger partial charge in [0, 0.05) is 25.4 Å². The molecule has 3 N–H and O–H groups in total. The number of pyridine rings is 1. The van der Waals surface area contributed by atoms with Crippen molar-refractivity contribution in [1.29, 1.82) is 0 Å². The van der Waals surface area contributed by atoms with E-state index < -0.39 is 22.2 Å². The van der Waals surface area contributed by atoms with Crippen LogP contribution in [0.5, 0.6) is 11.5 Å². The van der Waals surface area contributed by atoms with Crippen molar-refractivity contribution in [3.05, 3.63) is 58.7 Å². The monoisotopic (exact) mass is 590 g/mol. The Kier molecular flexibility index (Phi) is 8.64. The average molecular weight is 591 g/mol. The van der Waals surface area contributed by atoms with E-state index in [1.54, 1.807) is 24.3 Å². The molecule has 0 saturated carbocycles. The lowest BCUT2D eigenvalue weighted by molar-refractivity contribution is -0.192. The Morgan fingerprint density at radius 3 is 2.34 bits per heavy atom. The maximum Gasteiger partial charge on any atom is 0.490 e. The SMILES string of the molecule is CNC(=O)c1cc(Oc2ccc3nc(NS(=O)(=O)c4ccc(Cl)s4)nnc3c2)ccn1.O=C(O)C(F)(F)F. The Labute approximate surface area is 220 Å². The molecule has 0 unspecified atom stereocenters. The largest absolute Gasteiger partial charge is 0.490 e. The van der Waals surface area contributed by atoms with Crippen molar-refractivity contribution in [2.75, 3.05) is 11.8 Å². The topological polar surface area (TPSA) is 173 Å². The second-order valence-corrected chi connectivity index (χ2v) is 10.4. The summed E-state index contributed by atoms with van der Waals surface area (Å²) in [7, 11) is -2.36. The molecule has 3 heterocycles. The summed E-state index contributed by atoms with van der Waals surface area (Å²) in [5.41, 5.74) is 1.01. The molecule has 0 atom stereocenters. The molecule has 12 nitrogen and oxygen atoms in total. The fourth-order valence-corrected chi connectivity index (χ4v) is 4.92. The first kappa shape index (κ1) is 28.5. The van der Waals surface area contributed by atoms with Gasteiger partial charge in [0.1, 0.15) is 26.9 Å². The predicted molar refractivity (Wildman–Crippen MR) is 129 cm³/mol. The molecule has 4 rings (SSSR count). The highest BCUT2D eigenvalue weighted by Gasteiger charge is 2.38. The second kappa shape index (κ2) is 11.5. The van der Waals surface area contributed by atoms with Crippen molar-refractivity contribution in [2.45, 2.75) is 10.4 Å². The van der Waals surface area contributed by atoms with E-state index in [-0.39, 0.29) is 21.8 Å². The van der Waals surface area contributed by atoms with Crippen molar-refractivity contribution in [1.82, 2.24) is 25.5 Å². The van der Waals surface area contributed by atoms with Gasteiger partial charge in [-0.1, -0.05) is 11.6 Å². The Bertz CT molecular complexity index is 1600. The summed E-state index contributed by atoms with van der Waals surface area (Å²) < 4.78 is 64.9. The molecule has 200 valence electrons. The number of carboxylic acid groups (broad SMARTS) is 1. The summed E-state index contributed by atoms with van der Waals surface area (Å²) in [5, 5.41) is 17.4. The lowest BCUT2D eigenvalue weighted by Gasteiger charge is -2.08. The normalized spacial score (nSPS) is 11.3. The van der Waals surface area contributed by atoms with Crippen LogP contribution in [-0.4, -0.2) is 58.8 Å². The number of aromatic nitrogens is 4. The Balaban J connectivity index is 0.000000505. The number of carbonyl (C=O) groups excluding carboxylic acids is 1. The zero-order chi connectivity index (χ0) is 28.1. The van der Waals surface area contributed by atoms with Crippen LogP contribution in [0.3, 0.4) is 0 Å². The summed E-state index contributed by atoms with van der Waals surface area (Å²) in [4.78, 5) is 28.8. The van der Waals surface area contributed by atoms with Crippen molar-refractivity contribution in [3.63, 3.8) is 0 Å². The van der Waals surface area contributed by atoms with Crippen molar-refractivity contribution >= 4 is 61.8 Å². The Morgan fingerprint density at radius 1 is 1.05 bits per heavy atom. The van der Waals surface area contributed by atoms with Gasteiger partial charge in [0.2, 0.25) is 0 Å². The third-order valence-electron chi connectivity index (χ3n) is 4.13. The highest BCUT2D eigenvalue weighted by Crippen LogP contribution is 2.28. The highest BCUT2D eigenvalue weighted by atomic mass is 35.5. The van der Waals surface area contributed by atoms with Gasteiger partial charge in [-0.2, -0.15) is 13.2 Å². The van der Waals surface area contributed by atoms with Gasteiger partial charge in [-0.3, -0.25) is 9.78 Å². The first-order valence-corrected chi connectivity index (χ1v) is 12.5. The molecule has 0 fully saturated rings. The molecule has 3 aromatic heterocycles. The number of thiophene rings is 1. The molecule has 38 heavy (non-hydrogen) atoms. The summed E-state index contributed by atoms with van der Waals surface area (Å²) in [6.45, 7) is 0. The van der Waals surface area contributed by atoms with Crippen molar-refractivity contribution in [2.24, 2.45) is 0 Å². The van der Waals surface area contributed by atoms with Gasteiger partial charge < -0.3 is 15.2 Å².